The summed E-state index contributed by atoms with van der Waals surface area (Å²) in [6.45, 7) is 5.88. The van der Waals surface area contributed by atoms with Gasteiger partial charge in [-0.3, -0.25) is 4.79 Å². The second-order valence-electron chi connectivity index (χ2n) is 5.68. The molecule has 2 rings (SSSR count). The molecule has 24 heavy (non-hydrogen) atoms. The fourth-order valence-electron chi connectivity index (χ4n) is 2.18. The van der Waals surface area contributed by atoms with Crippen LogP contribution in [0.4, 0.5) is 0 Å². The first kappa shape index (κ1) is 18.7. The first-order valence-electron chi connectivity index (χ1n) is 8.03. The lowest BCUT2D eigenvalue weighted by atomic mass is 10.3. The summed E-state index contributed by atoms with van der Waals surface area (Å²) in [6, 6.07) is 5.92. The number of amides is 1. The Morgan fingerprint density at radius 2 is 1.92 bits per heavy atom. The number of benzene rings is 1. The van der Waals surface area contributed by atoms with Crippen LogP contribution < -0.4 is 9.46 Å². The summed E-state index contributed by atoms with van der Waals surface area (Å²) >= 11 is 0. The number of rotatable bonds is 7. The number of carbonyl (C=O) groups is 1. The Morgan fingerprint density at radius 3 is 2.50 bits per heavy atom. The minimum atomic E-state index is -3.53. The topological polar surface area (TPSA) is 84.9 Å². The lowest BCUT2D eigenvalue weighted by Gasteiger charge is -2.26. The molecule has 1 aromatic rings. The van der Waals surface area contributed by atoms with E-state index >= 15 is 0 Å². The monoisotopic (exact) mass is 356 g/mol. The molecule has 0 radical (unpaired) electrons. The van der Waals surface area contributed by atoms with Crippen molar-refractivity contribution in [3.8, 4) is 5.75 Å². The van der Waals surface area contributed by atoms with Crippen molar-refractivity contribution in [2.75, 3.05) is 32.9 Å². The van der Waals surface area contributed by atoms with E-state index in [9.17, 15) is 13.2 Å². The average molecular weight is 356 g/mol. The highest BCUT2D eigenvalue weighted by Crippen LogP contribution is 2.16. The summed E-state index contributed by atoms with van der Waals surface area (Å²) in [5.74, 6) is 0.354. The van der Waals surface area contributed by atoms with Crippen LogP contribution in [0.2, 0.25) is 0 Å². The summed E-state index contributed by atoms with van der Waals surface area (Å²) in [7, 11) is -3.53. The highest BCUT2D eigenvalue weighted by molar-refractivity contribution is 7.89. The van der Waals surface area contributed by atoms with Gasteiger partial charge in [-0.25, -0.2) is 13.1 Å². The van der Waals surface area contributed by atoms with Crippen molar-refractivity contribution in [1.29, 1.82) is 0 Å². The second kappa shape index (κ2) is 8.46. The van der Waals surface area contributed by atoms with Crippen molar-refractivity contribution >= 4 is 15.9 Å². The van der Waals surface area contributed by atoms with Crippen LogP contribution in [-0.2, 0) is 19.6 Å². The van der Waals surface area contributed by atoms with Crippen LogP contribution in [0.5, 0.6) is 5.75 Å². The third kappa shape index (κ3) is 5.19. The predicted octanol–water partition coefficient (Wildman–Crippen LogP) is 1.00. The zero-order chi connectivity index (χ0) is 17.6. The molecular weight excluding hydrogens is 332 g/mol. The van der Waals surface area contributed by atoms with Gasteiger partial charge in [0.15, 0.2) is 6.61 Å². The van der Waals surface area contributed by atoms with Crippen LogP contribution in [0.25, 0.3) is 0 Å². The summed E-state index contributed by atoms with van der Waals surface area (Å²) < 4.78 is 37.6. The number of nitrogens with one attached hydrogen (secondary N) is 1. The highest BCUT2D eigenvalue weighted by atomic mass is 32.2. The van der Waals surface area contributed by atoms with Crippen molar-refractivity contribution in [2.45, 2.75) is 31.2 Å². The molecule has 0 unspecified atom stereocenters. The predicted molar refractivity (Wildman–Crippen MR) is 89.4 cm³/mol. The van der Waals surface area contributed by atoms with Gasteiger partial charge in [0.25, 0.3) is 5.91 Å². The highest BCUT2D eigenvalue weighted by Gasteiger charge is 2.18. The van der Waals surface area contributed by atoms with E-state index in [1.165, 1.54) is 12.1 Å². The van der Waals surface area contributed by atoms with Gasteiger partial charge in [-0.1, -0.05) is 6.92 Å². The summed E-state index contributed by atoms with van der Waals surface area (Å²) in [4.78, 5) is 13.9. The Labute approximate surface area is 143 Å². The second-order valence-corrected chi connectivity index (χ2v) is 7.40. The molecule has 1 atom stereocenters. The molecule has 1 fully saturated rings. The van der Waals surface area contributed by atoms with Crippen LogP contribution in [0.1, 0.15) is 20.3 Å². The quantitative estimate of drug-likeness (QED) is 0.788. The summed E-state index contributed by atoms with van der Waals surface area (Å²) in [6.07, 6.45) is 0.712. The zero-order valence-corrected chi connectivity index (χ0v) is 14.8. The number of morpholine rings is 1. The number of hydrogen-bond donors (Lipinski definition) is 1. The number of carbonyl (C=O) groups excluding carboxylic acids is 1. The molecule has 1 aromatic carbocycles. The zero-order valence-electron chi connectivity index (χ0n) is 14.0. The maximum Gasteiger partial charge on any atom is 0.260 e. The normalized spacial score (nSPS) is 16.7. The maximum absolute atomic E-state index is 12.2. The van der Waals surface area contributed by atoms with Gasteiger partial charge in [-0.2, -0.15) is 0 Å². The molecule has 8 heteroatoms. The van der Waals surface area contributed by atoms with Gasteiger partial charge in [-0.15, -0.1) is 0 Å². The van der Waals surface area contributed by atoms with Crippen LogP contribution in [0.15, 0.2) is 29.2 Å². The molecule has 134 valence electrons. The van der Waals surface area contributed by atoms with E-state index in [2.05, 4.69) is 4.72 Å². The molecule has 0 aliphatic carbocycles. The molecule has 1 aliphatic heterocycles. The van der Waals surface area contributed by atoms with Crippen LogP contribution >= 0.6 is 0 Å². The molecule has 0 saturated carbocycles. The van der Waals surface area contributed by atoms with E-state index in [1.807, 2.05) is 13.8 Å². The molecule has 1 aliphatic rings. The minimum absolute atomic E-state index is 0.0722. The van der Waals surface area contributed by atoms with Crippen molar-refractivity contribution in [2.24, 2.45) is 0 Å². The van der Waals surface area contributed by atoms with Gasteiger partial charge in [0.2, 0.25) is 10.0 Å². The van der Waals surface area contributed by atoms with E-state index in [-0.39, 0.29) is 23.5 Å². The SMILES string of the molecule is CC[C@@H](C)NS(=O)(=O)c1ccc(OCC(=O)N2CCOCC2)cc1. The van der Waals surface area contributed by atoms with E-state index in [4.69, 9.17) is 9.47 Å². The van der Waals surface area contributed by atoms with E-state index in [0.29, 0.717) is 38.5 Å². The van der Waals surface area contributed by atoms with Gasteiger partial charge in [0.05, 0.1) is 18.1 Å². The van der Waals surface area contributed by atoms with E-state index in [0.717, 1.165) is 0 Å². The number of hydrogen-bond acceptors (Lipinski definition) is 5. The van der Waals surface area contributed by atoms with E-state index in [1.54, 1.807) is 17.0 Å². The third-order valence-electron chi connectivity index (χ3n) is 3.83. The van der Waals surface area contributed by atoms with Gasteiger partial charge >= 0.3 is 0 Å². The number of ether oxygens (including phenoxy) is 2. The van der Waals surface area contributed by atoms with Gasteiger partial charge in [0, 0.05) is 19.1 Å². The minimum Gasteiger partial charge on any atom is -0.484 e. The summed E-state index contributed by atoms with van der Waals surface area (Å²) in [5.41, 5.74) is 0. The first-order valence-corrected chi connectivity index (χ1v) is 9.51. The van der Waals surface area contributed by atoms with Gasteiger partial charge < -0.3 is 14.4 Å². The van der Waals surface area contributed by atoms with Crippen molar-refractivity contribution < 1.29 is 22.7 Å². The van der Waals surface area contributed by atoms with Gasteiger partial charge in [-0.05, 0) is 37.6 Å². The molecule has 0 bridgehead atoms. The smallest absolute Gasteiger partial charge is 0.260 e. The van der Waals surface area contributed by atoms with Crippen LogP contribution in [0.3, 0.4) is 0 Å². The molecule has 1 amide bonds. The van der Waals surface area contributed by atoms with Crippen LogP contribution in [-0.4, -0.2) is 58.2 Å². The Morgan fingerprint density at radius 1 is 1.29 bits per heavy atom. The maximum atomic E-state index is 12.2. The molecule has 1 heterocycles. The molecule has 1 saturated heterocycles. The largest absolute Gasteiger partial charge is 0.484 e. The fourth-order valence-corrected chi connectivity index (χ4v) is 3.51. The standard InChI is InChI=1S/C16H24N2O5S/c1-3-13(2)17-24(20,21)15-6-4-14(5-7-15)23-12-16(19)18-8-10-22-11-9-18/h4-7,13,17H,3,8-12H2,1-2H3/t13-/m1/s1. The van der Waals surface area contributed by atoms with Gasteiger partial charge in [0.1, 0.15) is 5.75 Å². The Bertz CT molecular complexity index is 639. The average Bonchev–Trinajstić information content (AvgIpc) is 2.60. The molecule has 0 aromatic heterocycles. The van der Waals surface area contributed by atoms with E-state index < -0.39 is 10.0 Å². The Kier molecular flexibility index (Phi) is 6.59. The summed E-state index contributed by atoms with van der Waals surface area (Å²) in [5, 5.41) is 0. The lowest BCUT2D eigenvalue weighted by Crippen LogP contribution is -2.42. The Hall–Kier alpha value is -1.64. The Balaban J connectivity index is 1.91. The first-order chi connectivity index (χ1) is 11.4. The fraction of sp³-hybridized carbons (Fsp3) is 0.562. The van der Waals surface area contributed by atoms with Crippen molar-refractivity contribution in [3.05, 3.63) is 24.3 Å². The number of nitrogens with zero attached hydrogens (tertiary/aromatic N) is 1. The van der Waals surface area contributed by atoms with Crippen LogP contribution in [0, 0.1) is 0 Å². The lowest BCUT2D eigenvalue weighted by molar-refractivity contribution is -0.137. The molecule has 0 spiro atoms. The van der Waals surface area contributed by atoms with Crippen molar-refractivity contribution in [3.63, 3.8) is 0 Å². The molecule has 1 N–H and O–H groups in total. The third-order valence-corrected chi connectivity index (χ3v) is 5.43. The molecular formula is C16H24N2O5S. The number of sulfonamides is 1. The molecule has 7 nitrogen and oxygen atoms in total. The van der Waals surface area contributed by atoms with Crippen molar-refractivity contribution in [1.82, 2.24) is 9.62 Å².